The van der Waals surface area contributed by atoms with Crippen molar-refractivity contribution in [1.29, 1.82) is 0 Å². The minimum Gasteiger partial charge on any atom is -0.322 e. The first-order valence-corrected chi connectivity index (χ1v) is 8.33. The minimum absolute atomic E-state index is 0.0710. The summed E-state index contributed by atoms with van der Waals surface area (Å²) in [5.74, 6) is 1.07. The summed E-state index contributed by atoms with van der Waals surface area (Å²) in [6.45, 7) is 3.47. The zero-order valence-electron chi connectivity index (χ0n) is 13.0. The summed E-state index contributed by atoms with van der Waals surface area (Å²) in [5.41, 5.74) is 2.46. The van der Waals surface area contributed by atoms with Gasteiger partial charge < -0.3 is 4.90 Å². The Bertz CT molecular complexity index is 476. The van der Waals surface area contributed by atoms with Crippen molar-refractivity contribution in [2.24, 2.45) is 5.92 Å². The van der Waals surface area contributed by atoms with Crippen LogP contribution in [-0.2, 0) is 4.79 Å². The third-order valence-electron chi connectivity index (χ3n) is 4.97. The summed E-state index contributed by atoms with van der Waals surface area (Å²) < 4.78 is 0. The predicted octanol–water partition coefficient (Wildman–Crippen LogP) is 3.40. The molecule has 1 unspecified atom stereocenters. The molecule has 0 aromatic heterocycles. The number of aryl methyl sites for hydroxylation is 1. The van der Waals surface area contributed by atoms with E-state index in [0.717, 1.165) is 18.9 Å². The van der Waals surface area contributed by atoms with Crippen LogP contribution in [0.25, 0.3) is 0 Å². The molecule has 1 saturated carbocycles. The molecule has 0 radical (unpaired) electrons. The molecule has 1 aliphatic heterocycles. The molecule has 1 saturated heterocycles. The largest absolute Gasteiger partial charge is 0.322 e. The monoisotopic (exact) mass is 286 g/mol. The van der Waals surface area contributed by atoms with Gasteiger partial charge in [-0.15, -0.1) is 0 Å². The Balaban J connectivity index is 1.63. The molecule has 1 aromatic carbocycles. The molecule has 1 aliphatic carbocycles. The Hall–Kier alpha value is -1.35. The third-order valence-corrected chi connectivity index (χ3v) is 4.97. The molecule has 0 bridgehead atoms. The summed E-state index contributed by atoms with van der Waals surface area (Å²) in [6, 6.07) is 8.52. The third kappa shape index (κ3) is 3.46. The fourth-order valence-corrected chi connectivity index (χ4v) is 3.64. The number of hydrogen-bond donors (Lipinski definition) is 1. The Morgan fingerprint density at radius 2 is 1.86 bits per heavy atom. The number of hydrogen-bond acceptors (Lipinski definition) is 2. The lowest BCUT2D eigenvalue weighted by atomic mass is 9.87. The van der Waals surface area contributed by atoms with Crippen molar-refractivity contribution in [2.75, 3.05) is 13.1 Å². The molecule has 1 N–H and O–H groups in total. The van der Waals surface area contributed by atoms with Crippen LogP contribution in [0.1, 0.15) is 55.8 Å². The van der Waals surface area contributed by atoms with Crippen LogP contribution in [0.3, 0.4) is 0 Å². The van der Waals surface area contributed by atoms with Crippen LogP contribution in [0.2, 0.25) is 0 Å². The highest BCUT2D eigenvalue weighted by molar-refractivity contribution is 5.80. The maximum atomic E-state index is 12.2. The van der Waals surface area contributed by atoms with Gasteiger partial charge in [-0.05, 0) is 24.8 Å². The number of amides is 1. The Kier molecular flexibility index (Phi) is 4.59. The molecule has 2 aliphatic rings. The highest BCUT2D eigenvalue weighted by Crippen LogP contribution is 2.29. The Labute approximate surface area is 127 Å². The van der Waals surface area contributed by atoms with Crippen molar-refractivity contribution in [3.05, 3.63) is 35.4 Å². The molecule has 0 spiro atoms. The second-order valence-corrected chi connectivity index (χ2v) is 6.57. The fraction of sp³-hybridized carbons (Fsp3) is 0.611. The van der Waals surface area contributed by atoms with Gasteiger partial charge in [0.2, 0.25) is 5.91 Å². The standard InChI is InChI=1S/C18H26N2O/c1-14-7-9-16(10-8-14)18-19-13-17(21)20(18)12-11-15-5-3-2-4-6-15/h7-10,15,18-19H,2-6,11-13H2,1H3. The normalized spacial score (nSPS) is 23.8. The topological polar surface area (TPSA) is 32.3 Å². The highest BCUT2D eigenvalue weighted by atomic mass is 16.2. The summed E-state index contributed by atoms with van der Waals surface area (Å²) in [4.78, 5) is 14.2. The van der Waals surface area contributed by atoms with E-state index >= 15 is 0 Å². The first-order chi connectivity index (χ1) is 10.2. The molecule has 3 nitrogen and oxygen atoms in total. The van der Waals surface area contributed by atoms with E-state index in [1.807, 2.05) is 4.90 Å². The number of carbonyl (C=O) groups excluding carboxylic acids is 1. The van der Waals surface area contributed by atoms with Gasteiger partial charge in [-0.25, -0.2) is 0 Å². The first-order valence-electron chi connectivity index (χ1n) is 8.33. The average molecular weight is 286 g/mol. The number of carbonyl (C=O) groups is 1. The molecule has 114 valence electrons. The number of benzene rings is 1. The predicted molar refractivity (Wildman–Crippen MR) is 84.8 cm³/mol. The van der Waals surface area contributed by atoms with Gasteiger partial charge in [0.05, 0.1) is 6.54 Å². The first kappa shape index (κ1) is 14.6. The molecule has 21 heavy (non-hydrogen) atoms. The van der Waals surface area contributed by atoms with Crippen molar-refractivity contribution < 1.29 is 4.79 Å². The van der Waals surface area contributed by atoms with Crippen molar-refractivity contribution in [3.8, 4) is 0 Å². The molecule has 1 amide bonds. The van der Waals surface area contributed by atoms with Gasteiger partial charge in [0.15, 0.2) is 0 Å². The van der Waals surface area contributed by atoms with Gasteiger partial charge in [-0.3, -0.25) is 10.1 Å². The van der Waals surface area contributed by atoms with Crippen molar-refractivity contribution in [1.82, 2.24) is 10.2 Å². The lowest BCUT2D eigenvalue weighted by Crippen LogP contribution is -2.32. The van der Waals surface area contributed by atoms with Crippen molar-refractivity contribution >= 4 is 5.91 Å². The van der Waals surface area contributed by atoms with Crippen LogP contribution in [-0.4, -0.2) is 23.9 Å². The SMILES string of the molecule is Cc1ccc(C2NCC(=O)N2CCC2CCCCC2)cc1. The van der Waals surface area contributed by atoms with Gasteiger partial charge in [-0.2, -0.15) is 0 Å². The molecular formula is C18H26N2O. The van der Waals surface area contributed by atoms with E-state index < -0.39 is 0 Å². The molecule has 3 rings (SSSR count). The minimum atomic E-state index is 0.0710. The van der Waals surface area contributed by atoms with Gasteiger partial charge >= 0.3 is 0 Å². The molecule has 1 atom stereocenters. The molecule has 3 heteroatoms. The lowest BCUT2D eigenvalue weighted by Gasteiger charge is -2.28. The van der Waals surface area contributed by atoms with E-state index in [1.54, 1.807) is 0 Å². The van der Waals surface area contributed by atoms with E-state index in [4.69, 9.17) is 0 Å². The fourth-order valence-electron chi connectivity index (χ4n) is 3.64. The Morgan fingerprint density at radius 3 is 2.57 bits per heavy atom. The molecular weight excluding hydrogens is 260 g/mol. The van der Waals surface area contributed by atoms with Gasteiger partial charge in [0.25, 0.3) is 0 Å². The number of nitrogens with zero attached hydrogens (tertiary/aromatic N) is 1. The summed E-state index contributed by atoms with van der Waals surface area (Å²) in [6.07, 6.45) is 8.08. The van der Waals surface area contributed by atoms with Crippen LogP contribution >= 0.6 is 0 Å². The van der Waals surface area contributed by atoms with E-state index in [2.05, 4.69) is 36.5 Å². The number of nitrogens with one attached hydrogen (secondary N) is 1. The van der Waals surface area contributed by atoms with Crippen LogP contribution in [0.5, 0.6) is 0 Å². The number of rotatable bonds is 4. The van der Waals surface area contributed by atoms with Gasteiger partial charge in [-0.1, -0.05) is 61.9 Å². The van der Waals surface area contributed by atoms with Crippen LogP contribution < -0.4 is 5.32 Å². The maximum Gasteiger partial charge on any atom is 0.238 e. The second-order valence-electron chi connectivity index (χ2n) is 6.57. The van der Waals surface area contributed by atoms with E-state index in [0.29, 0.717) is 6.54 Å². The van der Waals surface area contributed by atoms with E-state index in [9.17, 15) is 4.79 Å². The average Bonchev–Trinajstić information content (AvgIpc) is 2.88. The quantitative estimate of drug-likeness (QED) is 0.920. The maximum absolute atomic E-state index is 12.2. The summed E-state index contributed by atoms with van der Waals surface area (Å²) in [7, 11) is 0. The van der Waals surface area contributed by atoms with Crippen LogP contribution in [0, 0.1) is 12.8 Å². The lowest BCUT2D eigenvalue weighted by molar-refractivity contribution is -0.128. The highest BCUT2D eigenvalue weighted by Gasteiger charge is 2.31. The Morgan fingerprint density at radius 1 is 1.14 bits per heavy atom. The second kappa shape index (κ2) is 6.61. The van der Waals surface area contributed by atoms with E-state index in [1.165, 1.54) is 43.2 Å². The molecule has 1 heterocycles. The molecule has 1 aromatic rings. The summed E-state index contributed by atoms with van der Waals surface area (Å²) >= 11 is 0. The summed E-state index contributed by atoms with van der Waals surface area (Å²) in [5, 5.41) is 3.36. The van der Waals surface area contributed by atoms with Gasteiger partial charge in [0, 0.05) is 6.54 Å². The smallest absolute Gasteiger partial charge is 0.238 e. The van der Waals surface area contributed by atoms with Crippen LogP contribution in [0.4, 0.5) is 0 Å². The van der Waals surface area contributed by atoms with Gasteiger partial charge in [0.1, 0.15) is 6.17 Å². The zero-order chi connectivity index (χ0) is 14.7. The molecule has 2 fully saturated rings. The van der Waals surface area contributed by atoms with Crippen LogP contribution in [0.15, 0.2) is 24.3 Å². The zero-order valence-corrected chi connectivity index (χ0v) is 13.0. The van der Waals surface area contributed by atoms with Crippen molar-refractivity contribution in [2.45, 2.75) is 51.6 Å². The van der Waals surface area contributed by atoms with Crippen molar-refractivity contribution in [3.63, 3.8) is 0 Å². The van der Waals surface area contributed by atoms with E-state index in [-0.39, 0.29) is 12.1 Å².